The van der Waals surface area contributed by atoms with Gasteiger partial charge in [0, 0.05) is 21.8 Å². The third-order valence-electron chi connectivity index (χ3n) is 3.58. The molecule has 0 amide bonds. The summed E-state index contributed by atoms with van der Waals surface area (Å²) in [5, 5.41) is 15.2. The second-order valence-electron chi connectivity index (χ2n) is 5.30. The highest BCUT2D eigenvalue weighted by Crippen LogP contribution is 2.29. The van der Waals surface area contributed by atoms with Gasteiger partial charge >= 0.3 is 0 Å². The zero-order valence-corrected chi connectivity index (χ0v) is 15.5. The number of anilines is 1. The van der Waals surface area contributed by atoms with Crippen LogP contribution in [0.3, 0.4) is 0 Å². The van der Waals surface area contributed by atoms with Crippen LogP contribution in [-0.2, 0) is 10.0 Å². The summed E-state index contributed by atoms with van der Waals surface area (Å²) >= 11 is 3.29. The lowest BCUT2D eigenvalue weighted by Crippen LogP contribution is -2.16. The SMILES string of the molecule is Cc1ccc(S(=O)(=O)Nc2nc3cc(Br)ccn3n2)c(C)c1[N+](=O)[O-]. The van der Waals surface area contributed by atoms with Gasteiger partial charge in [-0.1, -0.05) is 22.0 Å². The van der Waals surface area contributed by atoms with Gasteiger partial charge in [-0.15, -0.1) is 5.10 Å². The smallest absolute Gasteiger partial charge is 0.258 e. The van der Waals surface area contributed by atoms with Crippen LogP contribution in [0.15, 0.2) is 39.8 Å². The number of sulfonamides is 1. The fourth-order valence-electron chi connectivity index (χ4n) is 2.46. The molecular weight excluding hydrogens is 414 g/mol. The molecule has 2 aromatic heterocycles. The molecule has 0 aliphatic heterocycles. The van der Waals surface area contributed by atoms with Gasteiger partial charge in [0.2, 0.25) is 0 Å². The molecule has 0 unspecified atom stereocenters. The number of aryl methyl sites for hydroxylation is 1. The maximum atomic E-state index is 12.6. The largest absolute Gasteiger partial charge is 0.276 e. The minimum absolute atomic E-state index is 0.0593. The molecule has 0 fully saturated rings. The van der Waals surface area contributed by atoms with E-state index in [0.717, 1.165) is 4.47 Å². The van der Waals surface area contributed by atoms with Gasteiger partial charge < -0.3 is 0 Å². The normalized spacial score (nSPS) is 11.6. The number of hydrogen-bond donors (Lipinski definition) is 1. The summed E-state index contributed by atoms with van der Waals surface area (Å²) in [6.45, 7) is 2.95. The first-order valence-electron chi connectivity index (χ1n) is 6.98. The van der Waals surface area contributed by atoms with Crippen molar-refractivity contribution in [3.63, 3.8) is 0 Å². The lowest BCUT2D eigenvalue weighted by molar-refractivity contribution is -0.386. The van der Waals surface area contributed by atoms with Gasteiger partial charge in [0.25, 0.3) is 21.7 Å². The van der Waals surface area contributed by atoms with Crippen LogP contribution in [0.4, 0.5) is 11.6 Å². The molecule has 9 nitrogen and oxygen atoms in total. The van der Waals surface area contributed by atoms with Gasteiger partial charge in [-0.2, -0.15) is 4.98 Å². The Balaban J connectivity index is 2.04. The molecule has 0 spiro atoms. The fourth-order valence-corrected chi connectivity index (χ4v) is 3.97. The highest BCUT2D eigenvalue weighted by molar-refractivity contribution is 9.10. The second kappa shape index (κ2) is 6.08. The van der Waals surface area contributed by atoms with E-state index in [-0.39, 0.29) is 22.1 Å². The number of nitro benzene ring substituents is 1. The Labute approximate surface area is 151 Å². The van der Waals surface area contributed by atoms with Crippen molar-refractivity contribution in [2.75, 3.05) is 4.72 Å². The molecule has 0 aliphatic carbocycles. The van der Waals surface area contributed by atoms with Crippen molar-refractivity contribution in [1.29, 1.82) is 0 Å². The van der Waals surface area contributed by atoms with E-state index < -0.39 is 14.9 Å². The molecule has 130 valence electrons. The molecule has 0 atom stereocenters. The van der Waals surface area contributed by atoms with Gasteiger partial charge in [-0.3, -0.25) is 10.1 Å². The quantitative estimate of drug-likeness (QED) is 0.506. The fraction of sp³-hybridized carbons (Fsp3) is 0.143. The number of nitrogens with zero attached hydrogens (tertiary/aromatic N) is 4. The number of hydrogen-bond acceptors (Lipinski definition) is 6. The lowest BCUT2D eigenvalue weighted by atomic mass is 10.1. The summed E-state index contributed by atoms with van der Waals surface area (Å²) in [6, 6.07) is 6.13. The van der Waals surface area contributed by atoms with Crippen LogP contribution >= 0.6 is 15.9 Å². The minimum atomic E-state index is -4.08. The molecule has 11 heteroatoms. The summed E-state index contributed by atoms with van der Waals surface area (Å²) in [6.07, 6.45) is 1.62. The van der Waals surface area contributed by atoms with Gasteiger partial charge in [-0.25, -0.2) is 17.7 Å². The number of nitrogens with one attached hydrogen (secondary N) is 1. The van der Waals surface area contributed by atoms with Crippen LogP contribution in [-0.4, -0.2) is 27.9 Å². The van der Waals surface area contributed by atoms with Crippen molar-refractivity contribution >= 4 is 43.2 Å². The highest BCUT2D eigenvalue weighted by Gasteiger charge is 2.26. The Hall–Kier alpha value is -2.53. The Morgan fingerprint density at radius 2 is 2.00 bits per heavy atom. The zero-order chi connectivity index (χ0) is 18.4. The van der Waals surface area contributed by atoms with Crippen molar-refractivity contribution in [3.05, 3.63) is 56.2 Å². The van der Waals surface area contributed by atoms with E-state index >= 15 is 0 Å². The first kappa shape index (κ1) is 17.3. The molecule has 1 aromatic carbocycles. The van der Waals surface area contributed by atoms with Crippen molar-refractivity contribution in [2.24, 2.45) is 0 Å². The molecule has 0 saturated heterocycles. The third-order valence-corrected chi connectivity index (χ3v) is 5.55. The third kappa shape index (κ3) is 3.20. The van der Waals surface area contributed by atoms with E-state index in [9.17, 15) is 18.5 Å². The average Bonchev–Trinajstić information content (AvgIpc) is 2.86. The van der Waals surface area contributed by atoms with E-state index in [1.807, 2.05) is 0 Å². The second-order valence-corrected chi connectivity index (χ2v) is 7.87. The monoisotopic (exact) mass is 425 g/mol. The molecule has 3 rings (SSSR count). The molecule has 0 saturated carbocycles. The lowest BCUT2D eigenvalue weighted by Gasteiger charge is -2.09. The van der Waals surface area contributed by atoms with Crippen molar-refractivity contribution in [1.82, 2.24) is 14.6 Å². The van der Waals surface area contributed by atoms with Crippen molar-refractivity contribution < 1.29 is 13.3 Å². The number of pyridine rings is 1. The van der Waals surface area contributed by atoms with Crippen LogP contribution in [0.2, 0.25) is 0 Å². The Bertz CT molecular complexity index is 1110. The molecule has 3 aromatic rings. The summed E-state index contributed by atoms with van der Waals surface area (Å²) in [7, 11) is -4.08. The van der Waals surface area contributed by atoms with Gasteiger partial charge in [0.1, 0.15) is 0 Å². The molecule has 1 N–H and O–H groups in total. The number of rotatable bonds is 4. The molecule has 0 aliphatic rings. The summed E-state index contributed by atoms with van der Waals surface area (Å²) in [4.78, 5) is 14.5. The van der Waals surface area contributed by atoms with E-state index in [1.165, 1.54) is 23.6 Å². The van der Waals surface area contributed by atoms with Gasteiger partial charge in [0.05, 0.1) is 9.82 Å². The maximum Gasteiger partial charge on any atom is 0.276 e. The molecule has 0 bridgehead atoms. The molecular formula is C14H12BrN5O4S. The van der Waals surface area contributed by atoms with Crippen LogP contribution in [0, 0.1) is 24.0 Å². The van der Waals surface area contributed by atoms with E-state index in [2.05, 4.69) is 30.7 Å². The number of benzene rings is 1. The van der Waals surface area contributed by atoms with Crippen molar-refractivity contribution in [2.45, 2.75) is 18.7 Å². The molecule has 25 heavy (non-hydrogen) atoms. The predicted molar refractivity (Wildman–Crippen MR) is 94.1 cm³/mol. The maximum absolute atomic E-state index is 12.6. The van der Waals surface area contributed by atoms with Gasteiger partial charge in [0.15, 0.2) is 5.65 Å². The van der Waals surface area contributed by atoms with E-state index in [4.69, 9.17) is 0 Å². The topological polar surface area (TPSA) is 120 Å². The minimum Gasteiger partial charge on any atom is -0.258 e. The molecule has 2 heterocycles. The van der Waals surface area contributed by atoms with Crippen LogP contribution < -0.4 is 4.72 Å². The Kier molecular flexibility index (Phi) is 4.21. The van der Waals surface area contributed by atoms with Crippen LogP contribution in [0.5, 0.6) is 0 Å². The summed E-state index contributed by atoms with van der Waals surface area (Å²) in [5.74, 6) is -0.124. The van der Waals surface area contributed by atoms with Gasteiger partial charge in [-0.05, 0) is 32.0 Å². The predicted octanol–water partition coefficient (Wildman–Crippen LogP) is 2.82. The summed E-state index contributed by atoms with van der Waals surface area (Å²) in [5.41, 5.74) is 0.662. The summed E-state index contributed by atoms with van der Waals surface area (Å²) < 4.78 is 29.7. The van der Waals surface area contributed by atoms with Crippen LogP contribution in [0.1, 0.15) is 11.1 Å². The van der Waals surface area contributed by atoms with Crippen molar-refractivity contribution in [3.8, 4) is 0 Å². The first-order valence-corrected chi connectivity index (χ1v) is 9.26. The van der Waals surface area contributed by atoms with E-state index in [0.29, 0.717) is 11.2 Å². The number of nitro groups is 1. The van der Waals surface area contributed by atoms with Crippen LogP contribution in [0.25, 0.3) is 5.65 Å². The number of halogens is 1. The van der Waals surface area contributed by atoms with E-state index in [1.54, 1.807) is 25.3 Å². The Morgan fingerprint density at radius 1 is 1.28 bits per heavy atom. The zero-order valence-electron chi connectivity index (χ0n) is 13.1. The number of aromatic nitrogens is 3. The average molecular weight is 426 g/mol. The highest BCUT2D eigenvalue weighted by atomic mass is 79.9. The first-order chi connectivity index (χ1) is 11.7. The number of fused-ring (bicyclic) bond motifs is 1. The molecule has 0 radical (unpaired) electrons. The Morgan fingerprint density at radius 3 is 2.68 bits per heavy atom. The standard InChI is InChI=1S/C14H12BrN5O4S/c1-8-3-4-11(9(2)13(8)20(21)22)25(23,24)18-14-16-12-7-10(15)5-6-19(12)17-14/h3-7H,1-2H3,(H,17,18).